The second-order valence-electron chi connectivity index (χ2n) is 5.02. The second kappa shape index (κ2) is 5.88. The average molecular weight is 286 g/mol. The lowest BCUT2D eigenvalue weighted by atomic mass is 9.99. The lowest BCUT2D eigenvalue weighted by Gasteiger charge is -2.31. The van der Waals surface area contributed by atoms with Gasteiger partial charge in [-0.2, -0.15) is 0 Å². The third-order valence-electron chi connectivity index (χ3n) is 3.37. The molecule has 1 saturated heterocycles. The van der Waals surface area contributed by atoms with Crippen molar-refractivity contribution in [1.29, 1.82) is 0 Å². The summed E-state index contributed by atoms with van der Waals surface area (Å²) in [4.78, 5) is 0. The number of benzene rings is 1. The topological polar surface area (TPSA) is 49.4 Å². The summed E-state index contributed by atoms with van der Waals surface area (Å²) in [6.45, 7) is 1.81. The number of nitrogens with one attached hydrogen (secondary N) is 1. The van der Waals surface area contributed by atoms with Crippen LogP contribution in [0.3, 0.4) is 0 Å². The maximum absolute atomic E-state index is 13.0. The van der Waals surface area contributed by atoms with Crippen molar-refractivity contribution in [3.63, 3.8) is 0 Å². The molecule has 6 heteroatoms. The van der Waals surface area contributed by atoms with E-state index >= 15 is 0 Å². The van der Waals surface area contributed by atoms with E-state index in [2.05, 4.69) is 5.32 Å². The lowest BCUT2D eigenvalue weighted by Crippen LogP contribution is -2.41. The molecule has 0 saturated carbocycles. The standard InChI is InChI=1S/C13H19FN2O2S/c1-19(17,18)16-7-3-4-11(10-16)9-15-13-6-2-5-12(14)8-13/h2,5-6,8,11,15H,3-4,7,9-10H2,1H3. The molecule has 0 bridgehead atoms. The molecule has 0 aliphatic carbocycles. The minimum absolute atomic E-state index is 0.270. The zero-order chi connectivity index (χ0) is 13.9. The van der Waals surface area contributed by atoms with E-state index in [1.165, 1.54) is 22.7 Å². The monoisotopic (exact) mass is 286 g/mol. The molecule has 1 fully saturated rings. The molecule has 2 rings (SSSR count). The summed E-state index contributed by atoms with van der Waals surface area (Å²) < 4.78 is 37.6. The Bertz CT molecular complexity index is 533. The molecule has 4 nitrogen and oxygen atoms in total. The summed E-state index contributed by atoms with van der Waals surface area (Å²) in [6.07, 6.45) is 3.12. The highest BCUT2D eigenvalue weighted by Gasteiger charge is 2.25. The van der Waals surface area contributed by atoms with E-state index in [-0.39, 0.29) is 11.7 Å². The molecule has 0 aromatic heterocycles. The van der Waals surface area contributed by atoms with Crippen LogP contribution in [-0.2, 0) is 10.0 Å². The fourth-order valence-corrected chi connectivity index (χ4v) is 3.30. The number of halogens is 1. The summed E-state index contributed by atoms with van der Waals surface area (Å²) in [5.74, 6) is -0.00171. The Labute approximate surface area is 113 Å². The van der Waals surface area contributed by atoms with Gasteiger partial charge in [0.2, 0.25) is 10.0 Å². The summed E-state index contributed by atoms with van der Waals surface area (Å²) >= 11 is 0. The van der Waals surface area contributed by atoms with E-state index in [0.717, 1.165) is 18.5 Å². The number of hydrogen-bond donors (Lipinski definition) is 1. The van der Waals surface area contributed by atoms with Crippen LogP contribution in [0.5, 0.6) is 0 Å². The van der Waals surface area contributed by atoms with Gasteiger partial charge < -0.3 is 5.32 Å². The molecule has 1 heterocycles. The van der Waals surface area contributed by atoms with E-state index in [0.29, 0.717) is 19.6 Å². The molecule has 0 spiro atoms. The molecule has 1 atom stereocenters. The van der Waals surface area contributed by atoms with Gasteiger partial charge in [0.15, 0.2) is 0 Å². The van der Waals surface area contributed by atoms with Gasteiger partial charge in [0, 0.05) is 25.3 Å². The second-order valence-corrected chi connectivity index (χ2v) is 7.00. The largest absolute Gasteiger partial charge is 0.385 e. The van der Waals surface area contributed by atoms with Crippen molar-refractivity contribution in [2.24, 2.45) is 5.92 Å². The maximum Gasteiger partial charge on any atom is 0.211 e. The minimum Gasteiger partial charge on any atom is -0.385 e. The highest BCUT2D eigenvalue weighted by Crippen LogP contribution is 2.19. The number of piperidine rings is 1. The predicted octanol–water partition coefficient (Wildman–Crippen LogP) is 1.91. The van der Waals surface area contributed by atoms with Crippen molar-refractivity contribution in [2.75, 3.05) is 31.2 Å². The molecule has 1 unspecified atom stereocenters. The predicted molar refractivity (Wildman–Crippen MR) is 74.0 cm³/mol. The Morgan fingerprint density at radius 2 is 2.26 bits per heavy atom. The Morgan fingerprint density at radius 3 is 2.95 bits per heavy atom. The molecular weight excluding hydrogens is 267 g/mol. The highest BCUT2D eigenvalue weighted by molar-refractivity contribution is 7.88. The van der Waals surface area contributed by atoms with Crippen molar-refractivity contribution in [3.8, 4) is 0 Å². The van der Waals surface area contributed by atoms with Gasteiger partial charge in [-0.25, -0.2) is 17.1 Å². The Balaban J connectivity index is 1.89. The van der Waals surface area contributed by atoms with Crippen LogP contribution in [0.4, 0.5) is 10.1 Å². The van der Waals surface area contributed by atoms with Gasteiger partial charge in [0.25, 0.3) is 0 Å². The first-order valence-electron chi connectivity index (χ1n) is 6.40. The van der Waals surface area contributed by atoms with Crippen molar-refractivity contribution < 1.29 is 12.8 Å². The summed E-state index contributed by atoms with van der Waals surface area (Å²) in [5.41, 5.74) is 0.733. The molecule has 0 amide bonds. The number of hydrogen-bond acceptors (Lipinski definition) is 3. The lowest BCUT2D eigenvalue weighted by molar-refractivity contribution is 0.277. The molecule has 1 aliphatic heterocycles. The molecule has 0 radical (unpaired) electrons. The SMILES string of the molecule is CS(=O)(=O)N1CCCC(CNc2cccc(F)c2)C1. The third-order valence-corrected chi connectivity index (χ3v) is 4.64. The van der Waals surface area contributed by atoms with Crippen LogP contribution in [0, 0.1) is 11.7 Å². The van der Waals surface area contributed by atoms with Crippen LogP contribution in [0.25, 0.3) is 0 Å². The molecule has 1 aromatic rings. The Morgan fingerprint density at radius 1 is 1.47 bits per heavy atom. The van der Waals surface area contributed by atoms with Gasteiger partial charge in [0.05, 0.1) is 6.26 Å². The van der Waals surface area contributed by atoms with Crippen molar-refractivity contribution in [2.45, 2.75) is 12.8 Å². The Hall–Kier alpha value is -1.14. The molecule has 1 N–H and O–H groups in total. The normalized spacial score (nSPS) is 21.3. The fourth-order valence-electron chi connectivity index (χ4n) is 2.36. The molecule has 19 heavy (non-hydrogen) atoms. The van der Waals surface area contributed by atoms with Crippen LogP contribution in [0.15, 0.2) is 24.3 Å². The quantitative estimate of drug-likeness (QED) is 0.920. The fraction of sp³-hybridized carbons (Fsp3) is 0.538. The molecule has 1 aromatic carbocycles. The smallest absolute Gasteiger partial charge is 0.211 e. The van der Waals surface area contributed by atoms with Crippen LogP contribution in [0.1, 0.15) is 12.8 Å². The van der Waals surface area contributed by atoms with E-state index in [4.69, 9.17) is 0 Å². The van der Waals surface area contributed by atoms with Gasteiger partial charge in [-0.15, -0.1) is 0 Å². The van der Waals surface area contributed by atoms with Crippen molar-refractivity contribution >= 4 is 15.7 Å². The van der Waals surface area contributed by atoms with E-state index in [1.54, 1.807) is 12.1 Å². The van der Waals surface area contributed by atoms with Gasteiger partial charge in [-0.1, -0.05) is 6.07 Å². The van der Waals surface area contributed by atoms with Gasteiger partial charge in [-0.05, 0) is 37.0 Å². The maximum atomic E-state index is 13.0. The molecular formula is C13H19FN2O2S. The van der Waals surface area contributed by atoms with Gasteiger partial charge >= 0.3 is 0 Å². The van der Waals surface area contributed by atoms with Gasteiger partial charge in [-0.3, -0.25) is 0 Å². The number of nitrogens with zero attached hydrogens (tertiary/aromatic N) is 1. The van der Waals surface area contributed by atoms with Crippen LogP contribution < -0.4 is 5.32 Å². The Kier molecular flexibility index (Phi) is 4.42. The number of rotatable bonds is 4. The molecule has 106 valence electrons. The first kappa shape index (κ1) is 14.3. The van der Waals surface area contributed by atoms with Crippen LogP contribution in [-0.4, -0.2) is 38.6 Å². The summed E-state index contributed by atoms with van der Waals surface area (Å²) in [5, 5.41) is 3.17. The summed E-state index contributed by atoms with van der Waals surface area (Å²) in [6, 6.07) is 6.30. The van der Waals surface area contributed by atoms with E-state index < -0.39 is 10.0 Å². The zero-order valence-corrected chi connectivity index (χ0v) is 11.8. The average Bonchev–Trinajstić information content (AvgIpc) is 2.36. The highest BCUT2D eigenvalue weighted by atomic mass is 32.2. The van der Waals surface area contributed by atoms with Gasteiger partial charge in [0.1, 0.15) is 5.82 Å². The van der Waals surface area contributed by atoms with Crippen LogP contribution >= 0.6 is 0 Å². The molecule has 1 aliphatic rings. The number of sulfonamides is 1. The summed E-state index contributed by atoms with van der Waals surface area (Å²) in [7, 11) is -3.10. The van der Waals surface area contributed by atoms with E-state index in [9.17, 15) is 12.8 Å². The first-order chi connectivity index (χ1) is 8.95. The van der Waals surface area contributed by atoms with Crippen LogP contribution in [0.2, 0.25) is 0 Å². The zero-order valence-electron chi connectivity index (χ0n) is 11.0. The van der Waals surface area contributed by atoms with E-state index in [1.807, 2.05) is 0 Å². The minimum atomic E-state index is -3.10. The third kappa shape index (κ3) is 4.18. The first-order valence-corrected chi connectivity index (χ1v) is 8.24. The van der Waals surface area contributed by atoms with Crippen molar-refractivity contribution in [1.82, 2.24) is 4.31 Å². The number of anilines is 1. The van der Waals surface area contributed by atoms with Crippen molar-refractivity contribution in [3.05, 3.63) is 30.1 Å².